The van der Waals surface area contributed by atoms with Crippen LogP contribution in [0.4, 0.5) is 4.39 Å². The number of hydrogen-bond donors (Lipinski definition) is 0. The lowest BCUT2D eigenvalue weighted by molar-refractivity contribution is 0.317. The Morgan fingerprint density at radius 3 is 2.38 bits per heavy atom. The van der Waals surface area contributed by atoms with E-state index >= 15 is 0 Å². The van der Waals surface area contributed by atoms with Gasteiger partial charge in [0.05, 0.1) is 11.4 Å². The fraction of sp³-hybridized carbons (Fsp3) is 0.333. The fourth-order valence-corrected chi connectivity index (χ4v) is 2.85. The first kappa shape index (κ1) is 16.0. The van der Waals surface area contributed by atoms with Gasteiger partial charge in [0.15, 0.2) is 0 Å². The number of rotatable bonds is 5. The molecule has 0 aliphatic heterocycles. The summed E-state index contributed by atoms with van der Waals surface area (Å²) in [6.45, 7) is 6.39. The van der Waals surface area contributed by atoms with Gasteiger partial charge in [-0.25, -0.2) is 4.39 Å². The van der Waals surface area contributed by atoms with Gasteiger partial charge in [0.25, 0.3) is 0 Å². The minimum absolute atomic E-state index is 0.0284. The topological polar surface area (TPSA) is 9.23 Å². The fourth-order valence-electron chi connectivity index (χ4n) is 2.30. The highest BCUT2D eigenvalue weighted by atomic mass is 79.9. The lowest BCUT2D eigenvalue weighted by Crippen LogP contribution is -1.99. The number of aryl methyl sites for hydroxylation is 2. The number of hydrogen-bond acceptors (Lipinski definition) is 1. The van der Waals surface area contributed by atoms with E-state index in [-0.39, 0.29) is 10.6 Å². The van der Waals surface area contributed by atoms with Gasteiger partial charge in [0.1, 0.15) is 11.6 Å². The predicted octanol–water partition coefficient (Wildman–Crippen LogP) is 5.72. The lowest BCUT2D eigenvalue weighted by Gasteiger charge is -2.15. The monoisotopic (exact) mass is 350 g/mol. The number of benzene rings is 2. The molecule has 0 aromatic heterocycles. The van der Waals surface area contributed by atoms with Crippen molar-refractivity contribution in [1.82, 2.24) is 0 Å². The standard InChI is InChI=1S/C18H20BrFO/c1-4-8-21-16-7-5-6-14(11-16)17(19)15-9-12(2)18(20)13(3)10-15/h5-7,9-11,17H,4,8H2,1-3H3. The van der Waals surface area contributed by atoms with E-state index in [1.165, 1.54) is 0 Å². The van der Waals surface area contributed by atoms with Crippen LogP contribution in [0.25, 0.3) is 0 Å². The maximum atomic E-state index is 13.7. The number of ether oxygens (including phenoxy) is 1. The molecule has 0 bridgehead atoms. The Bertz CT molecular complexity index is 601. The first-order chi connectivity index (χ1) is 10.0. The first-order valence-corrected chi connectivity index (χ1v) is 8.08. The molecular weight excluding hydrogens is 331 g/mol. The maximum absolute atomic E-state index is 13.7. The molecule has 0 spiro atoms. The van der Waals surface area contributed by atoms with Crippen molar-refractivity contribution < 1.29 is 9.13 Å². The largest absolute Gasteiger partial charge is 0.494 e. The van der Waals surface area contributed by atoms with Crippen molar-refractivity contribution in [3.8, 4) is 5.75 Å². The molecule has 0 amide bonds. The van der Waals surface area contributed by atoms with Crippen LogP contribution in [-0.4, -0.2) is 6.61 Å². The van der Waals surface area contributed by atoms with Gasteiger partial charge in [-0.3, -0.25) is 0 Å². The van der Waals surface area contributed by atoms with Crippen LogP contribution in [0.15, 0.2) is 36.4 Å². The summed E-state index contributed by atoms with van der Waals surface area (Å²) in [5.41, 5.74) is 3.51. The molecule has 112 valence electrons. The molecule has 0 saturated heterocycles. The lowest BCUT2D eigenvalue weighted by atomic mass is 10.00. The molecule has 2 aromatic carbocycles. The van der Waals surface area contributed by atoms with Crippen LogP contribution >= 0.6 is 15.9 Å². The molecule has 1 unspecified atom stereocenters. The maximum Gasteiger partial charge on any atom is 0.129 e. The Labute approximate surface area is 134 Å². The van der Waals surface area contributed by atoms with Gasteiger partial charge in [0.2, 0.25) is 0 Å². The van der Waals surface area contributed by atoms with Crippen molar-refractivity contribution in [2.45, 2.75) is 32.0 Å². The van der Waals surface area contributed by atoms with Gasteiger partial charge < -0.3 is 4.74 Å². The van der Waals surface area contributed by atoms with Crippen LogP contribution in [0.1, 0.15) is 40.4 Å². The van der Waals surface area contributed by atoms with Crippen molar-refractivity contribution in [3.05, 3.63) is 64.5 Å². The molecule has 2 aromatic rings. The number of alkyl halides is 1. The normalized spacial score (nSPS) is 12.2. The third-order valence-corrected chi connectivity index (χ3v) is 4.43. The van der Waals surface area contributed by atoms with Crippen LogP contribution in [0, 0.1) is 19.7 Å². The van der Waals surface area contributed by atoms with E-state index in [1.54, 1.807) is 13.8 Å². The average molecular weight is 351 g/mol. The van der Waals surface area contributed by atoms with E-state index in [2.05, 4.69) is 22.9 Å². The molecule has 0 saturated carbocycles. The van der Waals surface area contributed by atoms with E-state index in [4.69, 9.17) is 4.74 Å². The van der Waals surface area contributed by atoms with Crippen LogP contribution in [0.3, 0.4) is 0 Å². The molecule has 1 atom stereocenters. The molecule has 0 aliphatic carbocycles. The van der Waals surface area contributed by atoms with Crippen molar-refractivity contribution in [3.63, 3.8) is 0 Å². The van der Waals surface area contributed by atoms with Gasteiger partial charge in [-0.1, -0.05) is 47.1 Å². The summed E-state index contributed by atoms with van der Waals surface area (Å²) in [5.74, 6) is 0.743. The smallest absolute Gasteiger partial charge is 0.129 e. The van der Waals surface area contributed by atoms with E-state index in [0.29, 0.717) is 17.7 Å². The molecule has 3 heteroatoms. The predicted molar refractivity (Wildman–Crippen MR) is 88.9 cm³/mol. The van der Waals surface area contributed by atoms with Crippen molar-refractivity contribution >= 4 is 15.9 Å². The zero-order valence-electron chi connectivity index (χ0n) is 12.6. The Hall–Kier alpha value is -1.35. The molecule has 0 fully saturated rings. The SMILES string of the molecule is CCCOc1cccc(C(Br)c2cc(C)c(F)c(C)c2)c1. The molecule has 2 rings (SSSR count). The minimum Gasteiger partial charge on any atom is -0.494 e. The second-order valence-electron chi connectivity index (χ2n) is 5.25. The highest BCUT2D eigenvalue weighted by Gasteiger charge is 2.14. The van der Waals surface area contributed by atoms with E-state index in [9.17, 15) is 4.39 Å². The summed E-state index contributed by atoms with van der Waals surface area (Å²) in [6.07, 6.45) is 0.984. The Kier molecular flexibility index (Phi) is 5.40. The van der Waals surface area contributed by atoms with Crippen LogP contribution < -0.4 is 4.74 Å². The summed E-state index contributed by atoms with van der Waals surface area (Å²) < 4.78 is 19.4. The summed E-state index contributed by atoms with van der Waals surface area (Å²) in [6, 6.07) is 11.8. The average Bonchev–Trinajstić information content (AvgIpc) is 2.49. The highest BCUT2D eigenvalue weighted by Crippen LogP contribution is 2.34. The third-order valence-electron chi connectivity index (χ3n) is 3.38. The summed E-state index contributed by atoms with van der Waals surface area (Å²) in [7, 11) is 0. The van der Waals surface area contributed by atoms with Gasteiger partial charge in [-0.15, -0.1) is 0 Å². The highest BCUT2D eigenvalue weighted by molar-refractivity contribution is 9.09. The van der Waals surface area contributed by atoms with Crippen molar-refractivity contribution in [2.75, 3.05) is 6.61 Å². The Morgan fingerprint density at radius 2 is 1.76 bits per heavy atom. The molecular formula is C18H20BrFO. The molecule has 0 aliphatic rings. The first-order valence-electron chi connectivity index (χ1n) is 7.16. The Morgan fingerprint density at radius 1 is 1.10 bits per heavy atom. The van der Waals surface area contributed by atoms with Gasteiger partial charge in [-0.05, 0) is 54.7 Å². The van der Waals surface area contributed by atoms with E-state index in [0.717, 1.165) is 23.3 Å². The van der Waals surface area contributed by atoms with Gasteiger partial charge in [0, 0.05) is 0 Å². The summed E-state index contributed by atoms with van der Waals surface area (Å²) in [4.78, 5) is 0.0284. The van der Waals surface area contributed by atoms with E-state index < -0.39 is 0 Å². The minimum atomic E-state index is -0.126. The van der Waals surface area contributed by atoms with Crippen molar-refractivity contribution in [1.29, 1.82) is 0 Å². The molecule has 0 heterocycles. The molecule has 0 radical (unpaired) electrons. The van der Waals surface area contributed by atoms with Gasteiger partial charge in [-0.2, -0.15) is 0 Å². The van der Waals surface area contributed by atoms with Gasteiger partial charge >= 0.3 is 0 Å². The second kappa shape index (κ2) is 7.08. The summed E-state index contributed by atoms with van der Waals surface area (Å²) >= 11 is 3.71. The summed E-state index contributed by atoms with van der Waals surface area (Å²) in [5, 5.41) is 0. The second-order valence-corrected chi connectivity index (χ2v) is 6.17. The zero-order chi connectivity index (χ0) is 15.4. The molecule has 21 heavy (non-hydrogen) atoms. The zero-order valence-corrected chi connectivity index (χ0v) is 14.2. The van der Waals surface area contributed by atoms with E-state index in [1.807, 2.05) is 36.4 Å². The Balaban J connectivity index is 2.29. The quantitative estimate of drug-likeness (QED) is 0.627. The third kappa shape index (κ3) is 3.85. The van der Waals surface area contributed by atoms with Crippen LogP contribution in [0.5, 0.6) is 5.75 Å². The van der Waals surface area contributed by atoms with Crippen LogP contribution in [-0.2, 0) is 0 Å². The molecule has 1 nitrogen and oxygen atoms in total. The number of halogens is 2. The van der Waals surface area contributed by atoms with Crippen LogP contribution in [0.2, 0.25) is 0 Å². The molecule has 0 N–H and O–H groups in total. The van der Waals surface area contributed by atoms with Crippen molar-refractivity contribution in [2.24, 2.45) is 0 Å².